The summed E-state index contributed by atoms with van der Waals surface area (Å²) in [7, 11) is 0. The summed E-state index contributed by atoms with van der Waals surface area (Å²) in [5, 5.41) is 20.0. The lowest BCUT2D eigenvalue weighted by molar-refractivity contribution is -0.168. The molecule has 0 aromatic heterocycles. The van der Waals surface area contributed by atoms with Gasteiger partial charge in [0.25, 0.3) is 0 Å². The Morgan fingerprint density at radius 2 is 2.00 bits per heavy atom. The fraction of sp³-hybridized carbons (Fsp3) is 0.529. The highest BCUT2D eigenvalue weighted by Gasteiger charge is 2.50. The van der Waals surface area contributed by atoms with E-state index in [4.69, 9.17) is 0 Å². The third-order valence-electron chi connectivity index (χ3n) is 4.59. The third-order valence-corrected chi connectivity index (χ3v) is 4.59. The lowest BCUT2D eigenvalue weighted by Gasteiger charge is -2.43. The fourth-order valence-corrected chi connectivity index (χ4v) is 3.17. The number of carbonyl (C=O) groups excluding carboxylic acids is 1. The van der Waals surface area contributed by atoms with Gasteiger partial charge in [-0.05, 0) is 30.5 Å². The van der Waals surface area contributed by atoms with E-state index in [9.17, 15) is 37.4 Å². The van der Waals surface area contributed by atoms with Gasteiger partial charge in [0.1, 0.15) is 11.2 Å². The summed E-state index contributed by atoms with van der Waals surface area (Å²) in [6, 6.07) is 5.19. The van der Waals surface area contributed by atoms with Crippen molar-refractivity contribution in [1.29, 1.82) is 0 Å². The summed E-state index contributed by atoms with van der Waals surface area (Å²) in [5.41, 5.74) is -1.49. The number of carbonyl (C=O) groups is 2. The monoisotopic (exact) mass is 377 g/mol. The molecular formula is C17H19F4NO4. The van der Waals surface area contributed by atoms with Crippen LogP contribution in [0.4, 0.5) is 17.6 Å². The van der Waals surface area contributed by atoms with Crippen molar-refractivity contribution in [3.63, 3.8) is 0 Å². The lowest BCUT2D eigenvalue weighted by atomic mass is 9.72. The summed E-state index contributed by atoms with van der Waals surface area (Å²) in [6.45, 7) is -0.466. The van der Waals surface area contributed by atoms with Gasteiger partial charge in [-0.1, -0.05) is 12.1 Å². The zero-order valence-electron chi connectivity index (χ0n) is 13.8. The van der Waals surface area contributed by atoms with Crippen LogP contribution in [-0.2, 0) is 16.0 Å². The molecule has 0 spiro atoms. The van der Waals surface area contributed by atoms with Crippen molar-refractivity contribution in [1.82, 2.24) is 4.90 Å². The zero-order valence-corrected chi connectivity index (χ0v) is 13.8. The number of carboxylic acid groups (broad SMARTS) is 1. The summed E-state index contributed by atoms with van der Waals surface area (Å²) >= 11 is 0. The molecule has 26 heavy (non-hydrogen) atoms. The van der Waals surface area contributed by atoms with Crippen molar-refractivity contribution in [2.45, 2.75) is 38.0 Å². The largest absolute Gasteiger partial charge is 0.481 e. The molecule has 1 heterocycles. The smallest absolute Gasteiger partial charge is 0.389 e. The molecule has 5 nitrogen and oxygen atoms in total. The SMILES string of the molecule is O=C(CCC(F)(F)F)N1CC[C@@H](O)[C@](Cc2cccc(F)c2)(C(=O)O)C1. The van der Waals surface area contributed by atoms with Crippen LogP contribution in [0.5, 0.6) is 0 Å². The van der Waals surface area contributed by atoms with Crippen molar-refractivity contribution in [2.75, 3.05) is 13.1 Å². The number of aliphatic hydroxyl groups is 1. The average molecular weight is 377 g/mol. The number of likely N-dealkylation sites (tertiary alicyclic amines) is 1. The van der Waals surface area contributed by atoms with Crippen LogP contribution >= 0.6 is 0 Å². The molecule has 0 aliphatic carbocycles. The Morgan fingerprint density at radius 1 is 1.31 bits per heavy atom. The number of nitrogens with zero attached hydrogens (tertiary/aromatic N) is 1. The number of aliphatic carboxylic acids is 1. The number of aliphatic hydroxyl groups excluding tert-OH is 1. The van der Waals surface area contributed by atoms with E-state index in [2.05, 4.69) is 0 Å². The minimum Gasteiger partial charge on any atom is -0.481 e. The highest BCUT2D eigenvalue weighted by molar-refractivity contribution is 5.80. The van der Waals surface area contributed by atoms with E-state index in [0.29, 0.717) is 5.56 Å². The van der Waals surface area contributed by atoms with E-state index in [1.165, 1.54) is 18.2 Å². The third kappa shape index (κ3) is 4.72. The van der Waals surface area contributed by atoms with Gasteiger partial charge in [-0.2, -0.15) is 13.2 Å². The van der Waals surface area contributed by atoms with E-state index < -0.39 is 54.8 Å². The standard InChI is InChI=1S/C17H19F4NO4/c18-12-3-1-2-11(8-12)9-16(15(25)26)10-22(7-5-13(16)23)14(24)4-6-17(19,20)21/h1-3,8,13,23H,4-7,9-10H2,(H,25,26)/t13-,16-/m1/s1. The number of carboxylic acids is 1. The predicted molar refractivity (Wildman–Crippen MR) is 82.7 cm³/mol. The van der Waals surface area contributed by atoms with Gasteiger partial charge in [-0.25, -0.2) is 4.39 Å². The Labute approximate surface area is 147 Å². The van der Waals surface area contributed by atoms with E-state index in [0.717, 1.165) is 11.0 Å². The molecule has 2 N–H and O–H groups in total. The highest BCUT2D eigenvalue weighted by Crippen LogP contribution is 2.35. The molecule has 2 rings (SSSR count). The Balaban J connectivity index is 2.21. The number of amides is 1. The molecule has 2 atom stereocenters. The topological polar surface area (TPSA) is 77.8 Å². The fourth-order valence-electron chi connectivity index (χ4n) is 3.17. The van der Waals surface area contributed by atoms with Crippen LogP contribution in [-0.4, -0.2) is 52.4 Å². The summed E-state index contributed by atoms with van der Waals surface area (Å²) < 4.78 is 50.3. The van der Waals surface area contributed by atoms with Crippen molar-refractivity contribution in [3.8, 4) is 0 Å². The van der Waals surface area contributed by atoms with Crippen molar-refractivity contribution in [3.05, 3.63) is 35.6 Å². The van der Waals surface area contributed by atoms with Gasteiger partial charge in [0, 0.05) is 19.5 Å². The maximum atomic E-state index is 13.4. The number of piperidine rings is 1. The molecule has 144 valence electrons. The number of hydrogen-bond acceptors (Lipinski definition) is 3. The second-order valence-electron chi connectivity index (χ2n) is 6.50. The van der Waals surface area contributed by atoms with Gasteiger partial charge in [-0.15, -0.1) is 0 Å². The first kappa shape index (κ1) is 20.2. The zero-order chi connectivity index (χ0) is 19.5. The molecular weight excluding hydrogens is 358 g/mol. The van der Waals surface area contributed by atoms with Crippen molar-refractivity contribution >= 4 is 11.9 Å². The maximum Gasteiger partial charge on any atom is 0.389 e. The van der Waals surface area contributed by atoms with E-state index in [1.54, 1.807) is 0 Å². The van der Waals surface area contributed by atoms with Gasteiger partial charge in [0.2, 0.25) is 5.91 Å². The number of rotatable bonds is 5. The maximum absolute atomic E-state index is 13.4. The number of halogens is 4. The van der Waals surface area contributed by atoms with Gasteiger partial charge in [0.15, 0.2) is 0 Å². The van der Waals surface area contributed by atoms with E-state index in [1.807, 2.05) is 0 Å². The van der Waals surface area contributed by atoms with E-state index in [-0.39, 0.29) is 19.4 Å². The Bertz CT molecular complexity index is 679. The molecule has 1 fully saturated rings. The normalized spacial score (nSPS) is 23.7. The molecule has 9 heteroatoms. The Hall–Kier alpha value is -2.16. The van der Waals surface area contributed by atoms with Crippen LogP contribution in [0.2, 0.25) is 0 Å². The van der Waals surface area contributed by atoms with Crippen LogP contribution in [0.15, 0.2) is 24.3 Å². The van der Waals surface area contributed by atoms with Gasteiger partial charge in [0.05, 0.1) is 12.5 Å². The van der Waals surface area contributed by atoms with Crippen LogP contribution in [0, 0.1) is 11.2 Å². The van der Waals surface area contributed by atoms with Gasteiger partial charge >= 0.3 is 12.1 Å². The minimum absolute atomic E-state index is 0.0317. The molecule has 1 amide bonds. The molecule has 0 bridgehead atoms. The summed E-state index contributed by atoms with van der Waals surface area (Å²) in [5.74, 6) is -2.78. The molecule has 0 saturated carbocycles. The first-order valence-corrected chi connectivity index (χ1v) is 8.04. The number of alkyl halides is 3. The van der Waals surface area contributed by atoms with Gasteiger partial charge < -0.3 is 15.1 Å². The quantitative estimate of drug-likeness (QED) is 0.773. The van der Waals surface area contributed by atoms with Crippen LogP contribution < -0.4 is 0 Å². The van der Waals surface area contributed by atoms with Crippen LogP contribution in [0.1, 0.15) is 24.8 Å². The van der Waals surface area contributed by atoms with E-state index >= 15 is 0 Å². The number of benzene rings is 1. The van der Waals surface area contributed by atoms with Gasteiger partial charge in [-0.3, -0.25) is 9.59 Å². The molecule has 0 unspecified atom stereocenters. The van der Waals surface area contributed by atoms with Crippen molar-refractivity contribution < 1.29 is 37.4 Å². The Morgan fingerprint density at radius 3 is 2.58 bits per heavy atom. The predicted octanol–water partition coefficient (Wildman–Crippen LogP) is 2.37. The first-order chi connectivity index (χ1) is 12.0. The van der Waals surface area contributed by atoms with Crippen LogP contribution in [0.25, 0.3) is 0 Å². The molecule has 1 aliphatic heterocycles. The summed E-state index contributed by atoms with van der Waals surface area (Å²) in [6.07, 6.45) is -8.21. The summed E-state index contributed by atoms with van der Waals surface area (Å²) in [4.78, 5) is 25.0. The number of hydrogen-bond donors (Lipinski definition) is 2. The first-order valence-electron chi connectivity index (χ1n) is 8.04. The molecule has 1 aromatic carbocycles. The molecule has 1 saturated heterocycles. The molecule has 1 aromatic rings. The highest BCUT2D eigenvalue weighted by atomic mass is 19.4. The Kier molecular flexibility index (Phi) is 5.90. The second kappa shape index (κ2) is 7.61. The lowest BCUT2D eigenvalue weighted by Crippen LogP contribution is -2.58. The second-order valence-corrected chi connectivity index (χ2v) is 6.50. The minimum atomic E-state index is -4.49. The molecule has 0 radical (unpaired) electrons. The molecule has 1 aliphatic rings. The van der Waals surface area contributed by atoms with Crippen molar-refractivity contribution in [2.24, 2.45) is 5.41 Å². The average Bonchev–Trinajstić information content (AvgIpc) is 2.54. The van der Waals surface area contributed by atoms with Crippen LogP contribution in [0.3, 0.4) is 0 Å².